The van der Waals surface area contributed by atoms with Crippen LogP contribution in [0.15, 0.2) is 29.4 Å². The number of carboxylic acids is 1. The molecule has 0 unspecified atom stereocenters. The van der Waals surface area contributed by atoms with Gasteiger partial charge < -0.3 is 15.2 Å². The number of rotatable bonds is 5. The van der Waals surface area contributed by atoms with Crippen molar-refractivity contribution in [2.75, 3.05) is 11.1 Å². The second kappa shape index (κ2) is 6.40. The zero-order valence-electron chi connectivity index (χ0n) is 11.5. The summed E-state index contributed by atoms with van der Waals surface area (Å²) in [5, 5.41) is 20.7. The Kier molecular flexibility index (Phi) is 4.59. The Hall–Kier alpha value is -2.35. The molecule has 0 spiro atoms. The maximum Gasteiger partial charge on any atom is 0.337 e. The lowest BCUT2D eigenvalue weighted by Crippen LogP contribution is -2.32. The number of amides is 1. The summed E-state index contributed by atoms with van der Waals surface area (Å²) in [7, 11) is 1.78. The maximum absolute atomic E-state index is 11.1. The second-order valence-electron chi connectivity index (χ2n) is 4.34. The molecule has 0 aliphatic rings. The number of thioether (sulfide) groups is 1. The zero-order valence-corrected chi connectivity index (χ0v) is 12.4. The summed E-state index contributed by atoms with van der Waals surface area (Å²) in [4.78, 5) is 21.6. The molecule has 7 nitrogen and oxygen atoms in total. The Morgan fingerprint density at radius 1 is 1.48 bits per heavy atom. The molecule has 0 aliphatic carbocycles. The zero-order chi connectivity index (χ0) is 15.4. The van der Waals surface area contributed by atoms with E-state index in [1.165, 1.54) is 6.92 Å². The number of carbonyl (C=O) groups excluding carboxylic acids is 2. The smallest absolute Gasteiger partial charge is 0.337 e. The van der Waals surface area contributed by atoms with Gasteiger partial charge >= 0.3 is 5.16 Å². The Labute approximate surface area is 125 Å². The molecule has 1 aromatic carbocycles. The molecule has 0 fully saturated rings. The summed E-state index contributed by atoms with van der Waals surface area (Å²) in [5.41, 5.74) is 1.51. The molecule has 0 aliphatic heterocycles. The van der Waals surface area contributed by atoms with Crippen LogP contribution in [0.25, 0.3) is 11.4 Å². The fraction of sp³-hybridized carbons (Fsp3) is 0.231. The van der Waals surface area contributed by atoms with E-state index in [1.807, 2.05) is 18.2 Å². The number of anilines is 1. The van der Waals surface area contributed by atoms with Crippen LogP contribution in [0.4, 0.5) is 5.69 Å². The minimum Gasteiger partial charge on any atom is -0.549 e. The molecule has 110 valence electrons. The van der Waals surface area contributed by atoms with Gasteiger partial charge in [0.2, 0.25) is 5.91 Å². The predicted octanol–water partition coefficient (Wildman–Crippen LogP) is -0.298. The first-order valence-corrected chi connectivity index (χ1v) is 7.11. The van der Waals surface area contributed by atoms with E-state index < -0.39 is 5.97 Å². The molecule has 1 aromatic heterocycles. The lowest BCUT2D eigenvalue weighted by molar-refractivity contribution is -0.698. The van der Waals surface area contributed by atoms with E-state index in [2.05, 4.69) is 15.5 Å². The number of nitrogens with one attached hydrogen (secondary N) is 2. The number of aromatic nitrogens is 3. The minimum atomic E-state index is -1.14. The number of nitrogens with zero attached hydrogens (tertiary/aromatic N) is 2. The van der Waals surface area contributed by atoms with Gasteiger partial charge in [0.05, 0.1) is 23.7 Å². The van der Waals surface area contributed by atoms with Crippen LogP contribution in [-0.2, 0) is 16.6 Å². The summed E-state index contributed by atoms with van der Waals surface area (Å²) >= 11 is 1.07. The molecule has 0 saturated carbocycles. The van der Waals surface area contributed by atoms with Crippen molar-refractivity contribution in [3.8, 4) is 11.4 Å². The van der Waals surface area contributed by atoms with Crippen molar-refractivity contribution in [2.24, 2.45) is 7.05 Å². The van der Waals surface area contributed by atoms with Gasteiger partial charge in [0.15, 0.2) is 0 Å². The molecule has 1 heterocycles. The standard InChI is InChI=1S/C13H14N4O3S/c1-8(18)14-10-5-3-4-9(6-10)12-15-16-13(17(12)2)21-7-11(19)20/h3-6H,7H2,1-2H3,(H2,14,18,19,20). The number of aromatic amines is 1. The highest BCUT2D eigenvalue weighted by molar-refractivity contribution is 7.99. The summed E-state index contributed by atoms with van der Waals surface area (Å²) < 4.78 is 1.75. The van der Waals surface area contributed by atoms with Crippen molar-refractivity contribution in [1.82, 2.24) is 10.2 Å². The topological polar surface area (TPSA) is 102 Å². The van der Waals surface area contributed by atoms with Crippen LogP contribution < -0.4 is 15.0 Å². The van der Waals surface area contributed by atoms with Crippen LogP contribution in [-0.4, -0.2) is 27.8 Å². The third-order valence-electron chi connectivity index (χ3n) is 2.66. The largest absolute Gasteiger partial charge is 0.549 e. The van der Waals surface area contributed by atoms with Crippen LogP contribution in [0.1, 0.15) is 6.92 Å². The molecule has 0 bridgehead atoms. The van der Waals surface area contributed by atoms with Crippen molar-refractivity contribution in [3.63, 3.8) is 0 Å². The summed E-state index contributed by atoms with van der Waals surface area (Å²) in [6, 6.07) is 7.27. The number of aliphatic carboxylic acids is 1. The number of hydrogen-bond donors (Lipinski definition) is 2. The first-order chi connectivity index (χ1) is 9.97. The Bertz CT molecular complexity index is 684. The highest BCUT2D eigenvalue weighted by Crippen LogP contribution is 2.20. The predicted molar refractivity (Wildman–Crippen MR) is 75.2 cm³/mol. The van der Waals surface area contributed by atoms with Gasteiger partial charge in [-0.2, -0.15) is 0 Å². The summed E-state index contributed by atoms with van der Waals surface area (Å²) in [6.07, 6.45) is 0. The van der Waals surface area contributed by atoms with Crippen LogP contribution in [0.5, 0.6) is 0 Å². The van der Waals surface area contributed by atoms with Gasteiger partial charge in [-0.25, -0.2) is 4.57 Å². The first-order valence-electron chi connectivity index (χ1n) is 6.12. The van der Waals surface area contributed by atoms with Gasteiger partial charge in [-0.05, 0) is 30.0 Å². The number of carboxylic acid groups (broad SMARTS) is 1. The number of carbonyl (C=O) groups is 2. The van der Waals surface area contributed by atoms with Crippen molar-refractivity contribution in [1.29, 1.82) is 0 Å². The molecular formula is C13H14N4O3S. The quantitative estimate of drug-likeness (QED) is 0.583. The number of hydrogen-bond acceptors (Lipinski definition) is 5. The van der Waals surface area contributed by atoms with Crippen molar-refractivity contribution in [3.05, 3.63) is 24.3 Å². The van der Waals surface area contributed by atoms with Gasteiger partial charge in [0, 0.05) is 18.4 Å². The van der Waals surface area contributed by atoms with Gasteiger partial charge in [-0.1, -0.05) is 6.07 Å². The van der Waals surface area contributed by atoms with Crippen LogP contribution in [0.2, 0.25) is 0 Å². The van der Waals surface area contributed by atoms with E-state index in [1.54, 1.807) is 17.7 Å². The highest BCUT2D eigenvalue weighted by atomic mass is 32.2. The molecule has 2 aromatic rings. The van der Waals surface area contributed by atoms with Crippen molar-refractivity contribution in [2.45, 2.75) is 12.1 Å². The fourth-order valence-electron chi connectivity index (χ4n) is 1.80. The normalized spacial score (nSPS) is 10.4. The van der Waals surface area contributed by atoms with Crippen molar-refractivity contribution >= 4 is 29.3 Å². The molecule has 1 amide bonds. The van der Waals surface area contributed by atoms with Crippen LogP contribution >= 0.6 is 11.8 Å². The average molecular weight is 306 g/mol. The Morgan fingerprint density at radius 3 is 2.90 bits per heavy atom. The molecule has 0 radical (unpaired) electrons. The SMILES string of the molecule is CC(=O)Nc1cccc(-c2[nH]nc(SCC(=O)[O-])[n+]2C)c1. The number of H-pyrrole nitrogens is 1. The summed E-state index contributed by atoms with van der Waals surface area (Å²) in [5.74, 6) is -0.740. The van der Waals surface area contributed by atoms with E-state index in [9.17, 15) is 14.7 Å². The molecule has 2 N–H and O–H groups in total. The van der Waals surface area contributed by atoms with Crippen LogP contribution in [0, 0.1) is 0 Å². The third kappa shape index (κ3) is 3.82. The number of benzene rings is 1. The Morgan fingerprint density at radius 2 is 2.24 bits per heavy atom. The second-order valence-corrected chi connectivity index (χ2v) is 5.28. The first kappa shape index (κ1) is 15.0. The van der Waals surface area contributed by atoms with E-state index in [-0.39, 0.29) is 11.7 Å². The minimum absolute atomic E-state index is 0.147. The monoisotopic (exact) mass is 306 g/mol. The van der Waals surface area contributed by atoms with Crippen molar-refractivity contribution < 1.29 is 19.3 Å². The van der Waals surface area contributed by atoms with E-state index >= 15 is 0 Å². The molecule has 0 saturated heterocycles. The van der Waals surface area contributed by atoms with Gasteiger partial charge in [-0.15, -0.1) is 5.10 Å². The fourth-order valence-corrected chi connectivity index (χ4v) is 2.45. The van der Waals surface area contributed by atoms with Gasteiger partial charge in [-0.3, -0.25) is 4.79 Å². The van der Waals surface area contributed by atoms with E-state index in [0.717, 1.165) is 17.3 Å². The molecule has 21 heavy (non-hydrogen) atoms. The average Bonchev–Trinajstić information content (AvgIpc) is 2.77. The lowest BCUT2D eigenvalue weighted by atomic mass is 10.2. The molecule has 8 heteroatoms. The Balaban J connectivity index is 2.26. The third-order valence-corrected chi connectivity index (χ3v) is 3.66. The van der Waals surface area contributed by atoms with Crippen LogP contribution in [0.3, 0.4) is 0 Å². The highest BCUT2D eigenvalue weighted by Gasteiger charge is 2.19. The van der Waals surface area contributed by atoms with Gasteiger partial charge in [0.25, 0.3) is 5.82 Å². The lowest BCUT2D eigenvalue weighted by Gasteiger charge is -2.03. The van der Waals surface area contributed by atoms with E-state index in [4.69, 9.17) is 0 Å². The summed E-state index contributed by atoms with van der Waals surface area (Å²) in [6.45, 7) is 1.44. The van der Waals surface area contributed by atoms with E-state index in [0.29, 0.717) is 16.7 Å². The van der Waals surface area contributed by atoms with Gasteiger partial charge in [0.1, 0.15) is 0 Å². The molecule has 0 atom stereocenters. The molecule has 2 rings (SSSR count). The maximum atomic E-state index is 11.1. The molecular weight excluding hydrogens is 292 g/mol.